The van der Waals surface area contributed by atoms with Gasteiger partial charge in [0.2, 0.25) is 5.91 Å². The molecule has 0 aromatic heterocycles. The molecule has 0 saturated carbocycles. The van der Waals surface area contributed by atoms with Crippen LogP contribution in [0.5, 0.6) is 0 Å². The van der Waals surface area contributed by atoms with Gasteiger partial charge < -0.3 is 14.4 Å². The molecule has 0 N–H and O–H groups in total. The third kappa shape index (κ3) is 7.82. The van der Waals surface area contributed by atoms with Gasteiger partial charge in [-0.05, 0) is 44.7 Å². The Kier molecular flexibility index (Phi) is 10.8. The van der Waals surface area contributed by atoms with E-state index in [0.29, 0.717) is 19.4 Å². The van der Waals surface area contributed by atoms with E-state index in [9.17, 15) is 9.59 Å². The van der Waals surface area contributed by atoms with Crippen molar-refractivity contribution in [1.82, 2.24) is 9.80 Å². The van der Waals surface area contributed by atoms with E-state index in [-0.39, 0.29) is 18.5 Å². The Hall–Kier alpha value is -1.92. The summed E-state index contributed by atoms with van der Waals surface area (Å²) >= 11 is 0. The average molecular weight is 461 g/mol. The normalized spacial score (nSPS) is 18.4. The molecule has 33 heavy (non-hydrogen) atoms. The average Bonchev–Trinajstić information content (AvgIpc) is 2.83. The van der Waals surface area contributed by atoms with Gasteiger partial charge >= 0.3 is 5.97 Å². The summed E-state index contributed by atoms with van der Waals surface area (Å²) in [4.78, 5) is 30.7. The highest BCUT2D eigenvalue weighted by atomic mass is 16.6. The van der Waals surface area contributed by atoms with Crippen LogP contribution in [0.25, 0.3) is 0 Å². The second-order valence-electron chi connectivity index (χ2n) is 9.69. The van der Waals surface area contributed by atoms with Gasteiger partial charge in [-0.3, -0.25) is 9.69 Å². The van der Waals surface area contributed by atoms with Crippen molar-refractivity contribution in [2.75, 3.05) is 39.3 Å². The third-order valence-electron chi connectivity index (χ3n) is 6.94. The summed E-state index contributed by atoms with van der Waals surface area (Å²) in [7, 11) is 0. The molecule has 2 unspecified atom stereocenters. The summed E-state index contributed by atoms with van der Waals surface area (Å²) in [5, 5.41) is 0. The monoisotopic (exact) mass is 460 g/mol. The van der Waals surface area contributed by atoms with Crippen LogP contribution in [0.15, 0.2) is 30.3 Å². The van der Waals surface area contributed by atoms with Crippen molar-refractivity contribution >= 4 is 11.9 Å². The number of nitrogens with zero attached hydrogens (tertiary/aromatic N) is 2. The van der Waals surface area contributed by atoms with Gasteiger partial charge in [0, 0.05) is 38.2 Å². The lowest BCUT2D eigenvalue weighted by Crippen LogP contribution is -2.53. The molecule has 186 valence electrons. The number of esters is 1. The second-order valence-corrected chi connectivity index (χ2v) is 9.69. The van der Waals surface area contributed by atoms with E-state index >= 15 is 0 Å². The lowest BCUT2D eigenvalue weighted by atomic mass is 9.82. The van der Waals surface area contributed by atoms with E-state index in [1.54, 1.807) is 0 Å². The summed E-state index contributed by atoms with van der Waals surface area (Å²) in [5.41, 5.74) is -0.547. The van der Waals surface area contributed by atoms with Gasteiger partial charge in [0.25, 0.3) is 0 Å². The third-order valence-corrected chi connectivity index (χ3v) is 6.94. The van der Waals surface area contributed by atoms with Gasteiger partial charge in [-0.1, -0.05) is 64.4 Å². The smallest absolute Gasteiger partial charge is 0.338 e. The Bertz CT molecular complexity index is 733. The van der Waals surface area contributed by atoms with E-state index in [0.717, 1.165) is 57.5 Å². The van der Waals surface area contributed by atoms with E-state index in [4.69, 9.17) is 9.47 Å². The number of hydrogen-bond acceptors (Lipinski definition) is 5. The molecule has 1 aliphatic rings. The molecule has 0 spiro atoms. The number of amides is 1. The Morgan fingerprint density at radius 1 is 0.939 bits per heavy atom. The highest BCUT2D eigenvalue weighted by molar-refractivity contribution is 5.82. The van der Waals surface area contributed by atoms with Crippen LogP contribution in [0, 0.1) is 5.41 Å². The van der Waals surface area contributed by atoms with Gasteiger partial charge in [-0.2, -0.15) is 0 Å². The molecule has 2 atom stereocenters. The zero-order chi connectivity index (χ0) is 24.3. The molecule has 1 heterocycles. The summed E-state index contributed by atoms with van der Waals surface area (Å²) in [6.45, 7) is 15.3. The van der Waals surface area contributed by atoms with Crippen molar-refractivity contribution in [2.24, 2.45) is 5.41 Å². The first kappa shape index (κ1) is 27.3. The molecule has 1 aliphatic heterocycles. The van der Waals surface area contributed by atoms with E-state index in [2.05, 4.69) is 18.7 Å². The molecule has 1 fully saturated rings. The molecule has 1 saturated heterocycles. The standard InChI is InChI=1S/C27H44N2O4/c1-6-14-27(5,25(31)32-22-23-12-10-9-11-13-23)33-21-15-26(4,8-3)24(30)29-19-17-28(16-7-2)18-20-29/h9-13H,6-8,14-22H2,1-5H3. The fourth-order valence-corrected chi connectivity index (χ4v) is 4.40. The van der Waals surface area contributed by atoms with E-state index in [1.165, 1.54) is 0 Å². The van der Waals surface area contributed by atoms with Crippen LogP contribution in [0.3, 0.4) is 0 Å². The van der Waals surface area contributed by atoms with Crippen molar-refractivity contribution in [2.45, 2.75) is 78.9 Å². The topological polar surface area (TPSA) is 59.1 Å². The lowest BCUT2D eigenvalue weighted by Gasteiger charge is -2.40. The summed E-state index contributed by atoms with van der Waals surface area (Å²) < 4.78 is 11.7. The van der Waals surface area contributed by atoms with Gasteiger partial charge in [0.05, 0.1) is 0 Å². The second kappa shape index (κ2) is 13.1. The number of carbonyl (C=O) groups is 2. The first-order valence-electron chi connectivity index (χ1n) is 12.6. The van der Waals surface area contributed by atoms with Crippen molar-refractivity contribution in [3.05, 3.63) is 35.9 Å². The van der Waals surface area contributed by atoms with Crippen LogP contribution in [-0.4, -0.2) is 66.6 Å². The molecule has 0 aliphatic carbocycles. The Balaban J connectivity index is 1.91. The number of carbonyl (C=O) groups excluding carboxylic acids is 2. The first-order valence-corrected chi connectivity index (χ1v) is 12.6. The fourth-order valence-electron chi connectivity index (χ4n) is 4.40. The SMILES string of the molecule is CCCN1CCN(C(=O)C(C)(CC)CCOC(C)(CCC)C(=O)OCc2ccccc2)CC1. The predicted octanol–water partition coefficient (Wildman–Crippen LogP) is 4.67. The molecule has 0 bridgehead atoms. The molecular weight excluding hydrogens is 416 g/mol. The van der Waals surface area contributed by atoms with Crippen molar-refractivity contribution in [3.63, 3.8) is 0 Å². The molecule has 6 heteroatoms. The molecular formula is C27H44N2O4. The van der Waals surface area contributed by atoms with Crippen LogP contribution in [0.4, 0.5) is 0 Å². The fraction of sp³-hybridized carbons (Fsp3) is 0.704. The van der Waals surface area contributed by atoms with Crippen LogP contribution >= 0.6 is 0 Å². The maximum Gasteiger partial charge on any atom is 0.338 e. The lowest BCUT2D eigenvalue weighted by molar-refractivity contribution is -0.174. The van der Waals surface area contributed by atoms with Crippen LogP contribution in [0.2, 0.25) is 0 Å². The van der Waals surface area contributed by atoms with Gasteiger partial charge in [-0.15, -0.1) is 0 Å². The van der Waals surface area contributed by atoms with Crippen LogP contribution in [-0.2, 0) is 25.7 Å². The molecule has 1 aromatic carbocycles. The van der Waals surface area contributed by atoms with Crippen LogP contribution in [0.1, 0.15) is 72.3 Å². The Morgan fingerprint density at radius 3 is 2.18 bits per heavy atom. The number of hydrogen-bond donors (Lipinski definition) is 0. The van der Waals surface area contributed by atoms with Crippen molar-refractivity contribution < 1.29 is 19.1 Å². The van der Waals surface area contributed by atoms with Gasteiger partial charge in [-0.25, -0.2) is 4.79 Å². The Labute approximate surface area is 200 Å². The maximum atomic E-state index is 13.4. The van der Waals surface area contributed by atoms with Crippen LogP contribution < -0.4 is 0 Å². The summed E-state index contributed by atoms with van der Waals surface area (Å²) in [6.07, 6.45) is 3.86. The minimum Gasteiger partial charge on any atom is -0.459 e. The largest absolute Gasteiger partial charge is 0.459 e. The molecule has 2 rings (SSSR count). The summed E-state index contributed by atoms with van der Waals surface area (Å²) in [6, 6.07) is 9.67. The molecule has 6 nitrogen and oxygen atoms in total. The number of benzene rings is 1. The molecule has 1 aromatic rings. The predicted molar refractivity (Wildman–Crippen MR) is 132 cm³/mol. The maximum absolute atomic E-state index is 13.4. The highest BCUT2D eigenvalue weighted by Gasteiger charge is 2.39. The van der Waals surface area contributed by atoms with E-state index in [1.807, 2.05) is 56.0 Å². The van der Waals surface area contributed by atoms with Gasteiger partial charge in [0.15, 0.2) is 5.60 Å². The first-order chi connectivity index (χ1) is 15.8. The summed E-state index contributed by atoms with van der Waals surface area (Å²) in [5.74, 6) is -0.140. The zero-order valence-electron chi connectivity index (χ0n) is 21.4. The number of piperazine rings is 1. The minimum absolute atomic E-state index is 0.202. The quantitative estimate of drug-likeness (QED) is 0.401. The van der Waals surface area contributed by atoms with Crippen molar-refractivity contribution in [3.8, 4) is 0 Å². The van der Waals surface area contributed by atoms with E-state index < -0.39 is 11.0 Å². The number of rotatable bonds is 13. The highest BCUT2D eigenvalue weighted by Crippen LogP contribution is 2.31. The zero-order valence-corrected chi connectivity index (χ0v) is 21.4. The number of ether oxygens (including phenoxy) is 2. The molecule has 1 amide bonds. The Morgan fingerprint density at radius 2 is 1.61 bits per heavy atom. The van der Waals surface area contributed by atoms with Gasteiger partial charge in [0.1, 0.15) is 6.61 Å². The minimum atomic E-state index is -1.01. The van der Waals surface area contributed by atoms with Crippen molar-refractivity contribution in [1.29, 1.82) is 0 Å². The molecule has 0 radical (unpaired) electrons.